The molecule has 20 heavy (non-hydrogen) atoms. The Hall–Kier alpha value is -1.55. The minimum atomic E-state index is -0.256. The maximum Gasteiger partial charge on any atom is 0.419 e. The quantitative estimate of drug-likeness (QED) is 0.842. The van der Waals surface area contributed by atoms with Gasteiger partial charge in [-0.2, -0.15) is 0 Å². The smallest absolute Gasteiger partial charge is 0.408 e. The van der Waals surface area contributed by atoms with E-state index in [9.17, 15) is 4.79 Å². The van der Waals surface area contributed by atoms with E-state index in [1.807, 2.05) is 19.2 Å². The Morgan fingerprint density at radius 3 is 2.75 bits per heavy atom. The molecule has 110 valence electrons. The van der Waals surface area contributed by atoms with Gasteiger partial charge < -0.3 is 9.73 Å². The number of hydrogen-bond acceptors (Lipinski definition) is 3. The molecule has 1 aromatic heterocycles. The van der Waals surface area contributed by atoms with E-state index in [0.29, 0.717) is 18.2 Å². The SMILES string of the molecule is CCCCC(NC)c1ccc2c(c1)oc(=O)n2CCC. The molecule has 0 aliphatic heterocycles. The highest BCUT2D eigenvalue weighted by molar-refractivity contribution is 5.73. The van der Waals surface area contributed by atoms with Crippen LogP contribution in [0.4, 0.5) is 0 Å². The van der Waals surface area contributed by atoms with Crippen LogP contribution in [-0.4, -0.2) is 11.6 Å². The molecule has 0 radical (unpaired) electrons. The summed E-state index contributed by atoms with van der Waals surface area (Å²) in [5, 5.41) is 3.34. The summed E-state index contributed by atoms with van der Waals surface area (Å²) in [5.41, 5.74) is 2.77. The summed E-state index contributed by atoms with van der Waals surface area (Å²) < 4.78 is 7.08. The molecular weight excluding hydrogens is 252 g/mol. The van der Waals surface area contributed by atoms with Gasteiger partial charge in [-0.05, 0) is 37.6 Å². The zero-order valence-electron chi connectivity index (χ0n) is 12.6. The van der Waals surface area contributed by atoms with Crippen molar-refractivity contribution in [2.24, 2.45) is 0 Å². The van der Waals surface area contributed by atoms with Gasteiger partial charge in [0, 0.05) is 12.6 Å². The molecule has 1 N–H and O–H groups in total. The lowest BCUT2D eigenvalue weighted by Crippen LogP contribution is -2.16. The first-order valence-corrected chi connectivity index (χ1v) is 7.51. The van der Waals surface area contributed by atoms with Crippen molar-refractivity contribution in [3.05, 3.63) is 34.3 Å². The molecule has 0 aliphatic rings. The van der Waals surface area contributed by atoms with Crippen molar-refractivity contribution in [1.29, 1.82) is 0 Å². The monoisotopic (exact) mass is 276 g/mol. The van der Waals surface area contributed by atoms with E-state index < -0.39 is 0 Å². The van der Waals surface area contributed by atoms with Crippen molar-refractivity contribution >= 4 is 11.1 Å². The van der Waals surface area contributed by atoms with Gasteiger partial charge in [0.25, 0.3) is 0 Å². The number of benzene rings is 1. The van der Waals surface area contributed by atoms with E-state index >= 15 is 0 Å². The Morgan fingerprint density at radius 1 is 1.30 bits per heavy atom. The van der Waals surface area contributed by atoms with Crippen LogP contribution >= 0.6 is 0 Å². The summed E-state index contributed by atoms with van der Waals surface area (Å²) in [6, 6.07) is 6.42. The topological polar surface area (TPSA) is 47.2 Å². The number of oxazole rings is 1. The molecule has 0 saturated carbocycles. The lowest BCUT2D eigenvalue weighted by molar-refractivity contribution is 0.500. The first kappa shape index (κ1) is 14.9. The van der Waals surface area contributed by atoms with E-state index in [1.165, 1.54) is 18.4 Å². The number of aryl methyl sites for hydroxylation is 1. The second kappa shape index (κ2) is 6.75. The fourth-order valence-electron chi connectivity index (χ4n) is 2.62. The molecule has 4 heteroatoms. The maximum atomic E-state index is 11.8. The van der Waals surface area contributed by atoms with Crippen LogP contribution in [0.15, 0.2) is 27.4 Å². The molecule has 0 saturated heterocycles. The average Bonchev–Trinajstić information content (AvgIpc) is 2.76. The molecule has 2 rings (SSSR count). The van der Waals surface area contributed by atoms with Crippen LogP contribution in [0.5, 0.6) is 0 Å². The van der Waals surface area contributed by atoms with Crippen molar-refractivity contribution in [3.8, 4) is 0 Å². The third-order valence-electron chi connectivity index (χ3n) is 3.74. The number of aromatic nitrogens is 1. The number of unbranched alkanes of at least 4 members (excludes halogenated alkanes) is 1. The van der Waals surface area contributed by atoms with Gasteiger partial charge in [0.2, 0.25) is 0 Å². The van der Waals surface area contributed by atoms with Crippen LogP contribution in [0.25, 0.3) is 11.1 Å². The fourth-order valence-corrected chi connectivity index (χ4v) is 2.62. The zero-order chi connectivity index (χ0) is 14.5. The summed E-state index contributed by atoms with van der Waals surface area (Å²) in [5.74, 6) is -0.256. The summed E-state index contributed by atoms with van der Waals surface area (Å²) in [6.07, 6.45) is 4.39. The third-order valence-corrected chi connectivity index (χ3v) is 3.74. The van der Waals surface area contributed by atoms with E-state index in [1.54, 1.807) is 4.57 Å². The van der Waals surface area contributed by atoms with E-state index in [0.717, 1.165) is 18.4 Å². The Kier molecular flexibility index (Phi) is 5.01. The number of nitrogens with one attached hydrogen (secondary N) is 1. The highest BCUT2D eigenvalue weighted by Crippen LogP contribution is 2.23. The predicted molar refractivity (Wildman–Crippen MR) is 82.1 cm³/mol. The highest BCUT2D eigenvalue weighted by Gasteiger charge is 2.13. The largest absolute Gasteiger partial charge is 0.419 e. The first-order valence-electron chi connectivity index (χ1n) is 7.51. The van der Waals surface area contributed by atoms with E-state index in [4.69, 9.17) is 4.42 Å². The zero-order valence-corrected chi connectivity index (χ0v) is 12.6. The van der Waals surface area contributed by atoms with Gasteiger partial charge in [0.05, 0.1) is 5.52 Å². The molecule has 0 amide bonds. The standard InChI is InChI=1S/C16H24N2O2/c1-4-6-7-13(17-3)12-8-9-14-15(11-12)20-16(19)18(14)10-5-2/h8-9,11,13,17H,4-7,10H2,1-3H3. The maximum absolute atomic E-state index is 11.8. The van der Waals surface area contributed by atoms with Crippen molar-refractivity contribution in [2.45, 2.75) is 52.1 Å². The van der Waals surface area contributed by atoms with Crippen LogP contribution in [0, 0.1) is 0 Å². The van der Waals surface area contributed by atoms with Gasteiger partial charge in [-0.1, -0.05) is 32.8 Å². The molecule has 0 spiro atoms. The molecule has 0 aliphatic carbocycles. The van der Waals surface area contributed by atoms with E-state index in [-0.39, 0.29) is 5.76 Å². The van der Waals surface area contributed by atoms with Gasteiger partial charge in [-0.15, -0.1) is 0 Å². The van der Waals surface area contributed by atoms with Gasteiger partial charge in [-0.3, -0.25) is 4.57 Å². The average molecular weight is 276 g/mol. The van der Waals surface area contributed by atoms with Gasteiger partial charge >= 0.3 is 5.76 Å². The molecule has 1 unspecified atom stereocenters. The molecule has 4 nitrogen and oxygen atoms in total. The number of nitrogens with zero attached hydrogens (tertiary/aromatic N) is 1. The highest BCUT2D eigenvalue weighted by atomic mass is 16.4. The molecular formula is C16H24N2O2. The lowest BCUT2D eigenvalue weighted by Gasteiger charge is -2.16. The Labute approximate surface area is 119 Å². The van der Waals surface area contributed by atoms with Crippen LogP contribution in [0.2, 0.25) is 0 Å². The number of hydrogen-bond donors (Lipinski definition) is 1. The second-order valence-electron chi connectivity index (χ2n) is 5.23. The van der Waals surface area contributed by atoms with Crippen molar-refractivity contribution in [2.75, 3.05) is 7.05 Å². The van der Waals surface area contributed by atoms with Crippen molar-refractivity contribution in [3.63, 3.8) is 0 Å². The normalized spacial score (nSPS) is 12.9. The first-order chi connectivity index (χ1) is 9.71. The van der Waals surface area contributed by atoms with E-state index in [2.05, 4.69) is 25.2 Å². The minimum Gasteiger partial charge on any atom is -0.408 e. The van der Waals surface area contributed by atoms with Crippen molar-refractivity contribution in [1.82, 2.24) is 9.88 Å². The minimum absolute atomic E-state index is 0.256. The van der Waals surface area contributed by atoms with Crippen LogP contribution in [0.1, 0.15) is 51.1 Å². The molecule has 0 fully saturated rings. The van der Waals surface area contributed by atoms with Gasteiger partial charge in [0.15, 0.2) is 5.58 Å². The van der Waals surface area contributed by atoms with Crippen molar-refractivity contribution < 1.29 is 4.42 Å². The van der Waals surface area contributed by atoms with Crippen LogP contribution < -0.4 is 11.1 Å². The molecule has 2 aromatic rings. The second-order valence-corrected chi connectivity index (χ2v) is 5.23. The Bertz CT molecular complexity index is 612. The number of fused-ring (bicyclic) bond motifs is 1. The predicted octanol–water partition coefficient (Wildman–Crippen LogP) is 3.46. The Morgan fingerprint density at radius 2 is 2.10 bits per heavy atom. The Balaban J connectivity index is 2.36. The lowest BCUT2D eigenvalue weighted by atomic mass is 10.0. The number of rotatable bonds is 7. The summed E-state index contributed by atoms with van der Waals surface area (Å²) in [7, 11) is 1.98. The summed E-state index contributed by atoms with van der Waals surface area (Å²) >= 11 is 0. The third kappa shape index (κ3) is 2.96. The molecule has 1 atom stereocenters. The van der Waals surface area contributed by atoms with Crippen LogP contribution in [-0.2, 0) is 6.54 Å². The van der Waals surface area contributed by atoms with Crippen LogP contribution in [0.3, 0.4) is 0 Å². The molecule has 1 aromatic carbocycles. The van der Waals surface area contributed by atoms with Gasteiger partial charge in [-0.25, -0.2) is 4.79 Å². The summed E-state index contributed by atoms with van der Waals surface area (Å²) in [4.78, 5) is 11.8. The fraction of sp³-hybridized carbons (Fsp3) is 0.562. The molecule has 1 heterocycles. The summed E-state index contributed by atoms with van der Waals surface area (Å²) in [6.45, 7) is 4.96. The van der Waals surface area contributed by atoms with Gasteiger partial charge in [0.1, 0.15) is 0 Å². The molecule has 0 bridgehead atoms.